The molecule has 0 unspecified atom stereocenters. The number of ether oxygens (including phenoxy) is 1. The predicted octanol–water partition coefficient (Wildman–Crippen LogP) is 3.75. The summed E-state index contributed by atoms with van der Waals surface area (Å²) in [5, 5.41) is 11.6. The zero-order valence-corrected chi connectivity index (χ0v) is 17.5. The second kappa shape index (κ2) is 9.07. The third kappa shape index (κ3) is 4.82. The molecule has 28 heavy (non-hydrogen) atoms. The van der Waals surface area contributed by atoms with E-state index in [1.807, 2.05) is 0 Å². The molecule has 0 aliphatic rings. The zero-order valence-electron chi connectivity index (χ0n) is 15.1. The number of benzene rings is 1. The van der Waals surface area contributed by atoms with Gasteiger partial charge in [-0.2, -0.15) is 0 Å². The highest BCUT2D eigenvalue weighted by atomic mass is 79.9. The van der Waals surface area contributed by atoms with E-state index in [4.69, 9.17) is 9.15 Å². The summed E-state index contributed by atoms with van der Waals surface area (Å²) in [5.74, 6) is 0.729. The van der Waals surface area contributed by atoms with Crippen LogP contribution < -0.4 is 5.32 Å². The predicted molar refractivity (Wildman–Crippen MR) is 108 cm³/mol. The van der Waals surface area contributed by atoms with Gasteiger partial charge in [-0.1, -0.05) is 11.8 Å². The topological polar surface area (TPSA) is 99.2 Å². The van der Waals surface area contributed by atoms with Crippen LogP contribution in [0, 0.1) is 0 Å². The fraction of sp³-hybridized carbons (Fsp3) is 0.222. The van der Waals surface area contributed by atoms with Crippen molar-refractivity contribution in [1.82, 2.24) is 14.8 Å². The van der Waals surface area contributed by atoms with Crippen molar-refractivity contribution in [3.05, 3.63) is 46.6 Å². The van der Waals surface area contributed by atoms with Gasteiger partial charge in [0.2, 0.25) is 5.91 Å². The lowest BCUT2D eigenvalue weighted by atomic mass is 10.2. The van der Waals surface area contributed by atoms with Crippen LogP contribution in [-0.2, 0) is 16.6 Å². The van der Waals surface area contributed by atoms with Crippen LogP contribution in [0.2, 0.25) is 0 Å². The summed E-state index contributed by atoms with van der Waals surface area (Å²) in [6.45, 7) is 2.06. The summed E-state index contributed by atoms with van der Waals surface area (Å²) in [6.07, 6.45) is 0. The molecule has 1 amide bonds. The summed E-state index contributed by atoms with van der Waals surface area (Å²) in [6, 6.07) is 10.1. The number of furan rings is 1. The molecule has 10 heteroatoms. The first-order valence-corrected chi connectivity index (χ1v) is 10.1. The van der Waals surface area contributed by atoms with Gasteiger partial charge < -0.3 is 19.0 Å². The Morgan fingerprint density at radius 1 is 1.21 bits per heavy atom. The molecular formula is C18H17BrN4O4S. The van der Waals surface area contributed by atoms with Crippen LogP contribution in [0.3, 0.4) is 0 Å². The summed E-state index contributed by atoms with van der Waals surface area (Å²) in [7, 11) is 1.81. The Kier molecular flexibility index (Phi) is 6.53. The second-order valence-corrected chi connectivity index (χ2v) is 7.33. The molecule has 0 bridgehead atoms. The van der Waals surface area contributed by atoms with Crippen LogP contribution in [0.25, 0.3) is 11.6 Å². The maximum Gasteiger partial charge on any atom is 0.338 e. The average molecular weight is 465 g/mol. The smallest absolute Gasteiger partial charge is 0.338 e. The monoisotopic (exact) mass is 464 g/mol. The molecule has 3 aromatic rings. The van der Waals surface area contributed by atoms with Crippen molar-refractivity contribution in [3.8, 4) is 11.6 Å². The Morgan fingerprint density at radius 3 is 2.61 bits per heavy atom. The number of aromatic nitrogens is 3. The van der Waals surface area contributed by atoms with E-state index in [2.05, 4.69) is 31.4 Å². The first kappa shape index (κ1) is 20.2. The molecule has 0 saturated carbocycles. The lowest BCUT2D eigenvalue weighted by Crippen LogP contribution is -2.14. The fourth-order valence-electron chi connectivity index (χ4n) is 2.32. The van der Waals surface area contributed by atoms with Crippen molar-refractivity contribution in [1.29, 1.82) is 0 Å². The van der Waals surface area contributed by atoms with E-state index in [1.165, 1.54) is 11.8 Å². The quantitative estimate of drug-likeness (QED) is 0.419. The molecule has 0 saturated heterocycles. The molecule has 1 N–H and O–H groups in total. The van der Waals surface area contributed by atoms with Gasteiger partial charge in [-0.05, 0) is 59.3 Å². The number of rotatable bonds is 7. The molecule has 1 aromatic carbocycles. The number of hydrogen-bond acceptors (Lipinski definition) is 7. The lowest BCUT2D eigenvalue weighted by Gasteiger charge is -2.06. The van der Waals surface area contributed by atoms with Crippen molar-refractivity contribution in [2.75, 3.05) is 17.7 Å². The fourth-order valence-corrected chi connectivity index (χ4v) is 3.34. The number of nitrogens with one attached hydrogen (secondary N) is 1. The molecule has 2 aromatic heterocycles. The van der Waals surface area contributed by atoms with Gasteiger partial charge in [-0.15, -0.1) is 10.2 Å². The number of carbonyl (C=O) groups is 2. The average Bonchev–Trinajstić information content (AvgIpc) is 3.26. The Bertz CT molecular complexity index is 984. The van der Waals surface area contributed by atoms with Crippen LogP contribution >= 0.6 is 27.7 Å². The molecule has 0 aliphatic carbocycles. The van der Waals surface area contributed by atoms with Crippen LogP contribution in [0.15, 0.2) is 50.6 Å². The van der Waals surface area contributed by atoms with E-state index >= 15 is 0 Å². The lowest BCUT2D eigenvalue weighted by molar-refractivity contribution is -0.113. The number of esters is 1. The molecule has 0 radical (unpaired) electrons. The van der Waals surface area contributed by atoms with E-state index < -0.39 is 5.97 Å². The van der Waals surface area contributed by atoms with E-state index in [0.717, 1.165) is 0 Å². The van der Waals surface area contributed by atoms with Gasteiger partial charge in [0.1, 0.15) is 0 Å². The number of thioether (sulfide) groups is 1. The highest BCUT2D eigenvalue weighted by Gasteiger charge is 2.15. The zero-order chi connectivity index (χ0) is 20.1. The molecular weight excluding hydrogens is 448 g/mol. The molecule has 8 nitrogen and oxygen atoms in total. The third-order valence-corrected chi connectivity index (χ3v) is 5.09. The number of nitrogens with zero attached hydrogens (tertiary/aromatic N) is 3. The molecule has 0 fully saturated rings. The van der Waals surface area contributed by atoms with Crippen molar-refractivity contribution in [2.24, 2.45) is 7.05 Å². The van der Waals surface area contributed by atoms with E-state index in [9.17, 15) is 9.59 Å². The van der Waals surface area contributed by atoms with Gasteiger partial charge in [0, 0.05) is 12.7 Å². The standard InChI is InChI=1S/C18H17BrN4O4S/c1-3-26-17(25)11-4-6-12(7-5-11)20-15(24)10-28-18-22-21-16(23(18)2)13-8-9-14(19)27-13/h4-9H,3,10H2,1-2H3,(H,20,24). The number of carbonyl (C=O) groups excluding carboxylic acids is 2. The van der Waals surface area contributed by atoms with Crippen LogP contribution in [0.1, 0.15) is 17.3 Å². The largest absolute Gasteiger partial charge is 0.462 e. The van der Waals surface area contributed by atoms with Gasteiger partial charge in [-0.25, -0.2) is 4.79 Å². The maximum absolute atomic E-state index is 12.2. The Balaban J connectivity index is 1.56. The van der Waals surface area contributed by atoms with Crippen LogP contribution in [0.5, 0.6) is 0 Å². The van der Waals surface area contributed by atoms with E-state index in [0.29, 0.717) is 39.3 Å². The molecule has 0 spiro atoms. The van der Waals surface area contributed by atoms with Gasteiger partial charge >= 0.3 is 5.97 Å². The second-order valence-electron chi connectivity index (χ2n) is 5.60. The maximum atomic E-state index is 12.2. The summed E-state index contributed by atoms with van der Waals surface area (Å²) in [4.78, 5) is 23.8. The number of anilines is 1. The first-order chi connectivity index (χ1) is 13.5. The van der Waals surface area contributed by atoms with Gasteiger partial charge in [0.15, 0.2) is 21.4 Å². The Morgan fingerprint density at radius 2 is 1.96 bits per heavy atom. The minimum atomic E-state index is -0.391. The number of halogens is 1. The SMILES string of the molecule is CCOC(=O)c1ccc(NC(=O)CSc2nnc(-c3ccc(Br)o3)n2C)cc1. The molecule has 146 valence electrons. The number of amides is 1. The van der Waals surface area contributed by atoms with Gasteiger partial charge in [0.05, 0.1) is 17.9 Å². The molecule has 3 rings (SSSR count). The number of hydrogen-bond donors (Lipinski definition) is 1. The van der Waals surface area contributed by atoms with Crippen molar-refractivity contribution in [3.63, 3.8) is 0 Å². The minimum Gasteiger partial charge on any atom is -0.462 e. The highest BCUT2D eigenvalue weighted by Crippen LogP contribution is 2.26. The van der Waals surface area contributed by atoms with E-state index in [1.54, 1.807) is 54.9 Å². The minimum absolute atomic E-state index is 0.160. The van der Waals surface area contributed by atoms with E-state index in [-0.39, 0.29) is 11.7 Å². The van der Waals surface area contributed by atoms with Crippen molar-refractivity contribution < 1.29 is 18.7 Å². The van der Waals surface area contributed by atoms with Gasteiger partial charge in [0.25, 0.3) is 0 Å². The van der Waals surface area contributed by atoms with Crippen molar-refractivity contribution in [2.45, 2.75) is 12.1 Å². The summed E-state index contributed by atoms with van der Waals surface area (Å²) < 4.78 is 12.8. The normalized spacial score (nSPS) is 10.7. The van der Waals surface area contributed by atoms with Crippen LogP contribution in [-0.4, -0.2) is 39.0 Å². The highest BCUT2D eigenvalue weighted by molar-refractivity contribution is 9.10. The van der Waals surface area contributed by atoms with Crippen LogP contribution in [0.4, 0.5) is 5.69 Å². The van der Waals surface area contributed by atoms with Crippen molar-refractivity contribution >= 4 is 45.3 Å². The Hall–Kier alpha value is -2.59. The first-order valence-electron chi connectivity index (χ1n) is 8.33. The van der Waals surface area contributed by atoms with Gasteiger partial charge in [-0.3, -0.25) is 4.79 Å². The third-order valence-electron chi connectivity index (χ3n) is 3.64. The summed E-state index contributed by atoms with van der Waals surface area (Å²) in [5.41, 5.74) is 1.03. The molecule has 0 aliphatic heterocycles. The summed E-state index contributed by atoms with van der Waals surface area (Å²) >= 11 is 4.52. The molecule has 2 heterocycles. The Labute approximate surface area is 173 Å². The molecule has 0 atom stereocenters.